The molecule has 1 N–H and O–H groups in total. The van der Waals surface area contributed by atoms with E-state index in [1.54, 1.807) is 5.38 Å². The molecule has 1 atom stereocenters. The summed E-state index contributed by atoms with van der Waals surface area (Å²) in [6, 6.07) is 7.50. The molecule has 1 aromatic carbocycles. The Balaban J connectivity index is 2.48. The minimum Gasteiger partial charge on any atom is -0.481 e. The van der Waals surface area contributed by atoms with Gasteiger partial charge in [-0.15, -0.1) is 11.3 Å². The Morgan fingerprint density at radius 3 is 2.69 bits per heavy atom. The summed E-state index contributed by atoms with van der Waals surface area (Å²) in [5.41, 5.74) is 0.510. The molecule has 1 heterocycles. The van der Waals surface area contributed by atoms with E-state index in [1.165, 1.54) is 18.3 Å². The number of hydrogen-bond donors (Lipinski definition) is 1. The van der Waals surface area contributed by atoms with E-state index in [0.717, 1.165) is 10.1 Å². The van der Waals surface area contributed by atoms with Crippen LogP contribution >= 0.6 is 11.3 Å². The highest BCUT2D eigenvalue weighted by molar-refractivity contribution is 7.17. The minimum atomic E-state index is -1.08. The normalized spacial score (nSPS) is 12.6. The van der Waals surface area contributed by atoms with Crippen LogP contribution in [0, 0.1) is 5.92 Å². The molecule has 0 amide bonds. The van der Waals surface area contributed by atoms with Crippen molar-refractivity contribution in [2.24, 2.45) is 5.92 Å². The fraction of sp³-hybridized carbons (Fsp3) is 0.167. The molecule has 0 aliphatic carbocycles. The van der Waals surface area contributed by atoms with Gasteiger partial charge >= 0.3 is 5.97 Å². The summed E-state index contributed by atoms with van der Waals surface area (Å²) < 4.78 is 1.00. The maximum absolute atomic E-state index is 11.9. The predicted octanol–water partition coefficient (Wildman–Crippen LogP) is 2.80. The van der Waals surface area contributed by atoms with Crippen molar-refractivity contribution in [3.8, 4) is 0 Å². The first-order chi connectivity index (χ1) is 7.61. The van der Waals surface area contributed by atoms with E-state index in [0.29, 0.717) is 5.56 Å². The molecule has 0 aliphatic rings. The van der Waals surface area contributed by atoms with Crippen LogP contribution in [0.4, 0.5) is 0 Å². The van der Waals surface area contributed by atoms with Crippen molar-refractivity contribution in [3.63, 3.8) is 0 Å². The molecular formula is C12H10O3S. The van der Waals surface area contributed by atoms with Crippen LogP contribution in [0.2, 0.25) is 0 Å². The second-order valence-corrected chi connectivity index (χ2v) is 4.48. The summed E-state index contributed by atoms with van der Waals surface area (Å²) in [6.07, 6.45) is 0. The number of carbonyl (C=O) groups is 2. The van der Waals surface area contributed by atoms with Crippen LogP contribution in [0.3, 0.4) is 0 Å². The Kier molecular flexibility index (Phi) is 2.75. The van der Waals surface area contributed by atoms with Crippen molar-refractivity contribution >= 4 is 33.2 Å². The summed E-state index contributed by atoms with van der Waals surface area (Å²) in [7, 11) is 0. The van der Waals surface area contributed by atoms with E-state index in [2.05, 4.69) is 0 Å². The topological polar surface area (TPSA) is 54.4 Å². The van der Waals surface area contributed by atoms with E-state index in [9.17, 15) is 9.59 Å². The number of hydrogen-bond acceptors (Lipinski definition) is 3. The van der Waals surface area contributed by atoms with Crippen LogP contribution < -0.4 is 0 Å². The highest BCUT2D eigenvalue weighted by atomic mass is 32.1. The number of carboxylic acid groups (broad SMARTS) is 1. The molecule has 0 radical (unpaired) electrons. The lowest BCUT2D eigenvalue weighted by Gasteiger charge is -2.03. The van der Waals surface area contributed by atoms with Gasteiger partial charge in [-0.05, 0) is 13.0 Å². The number of rotatable bonds is 3. The molecule has 0 bridgehead atoms. The second kappa shape index (κ2) is 4.06. The number of ketones is 1. The van der Waals surface area contributed by atoms with E-state index < -0.39 is 11.9 Å². The molecular weight excluding hydrogens is 224 g/mol. The lowest BCUT2D eigenvalue weighted by atomic mass is 9.99. The average molecular weight is 234 g/mol. The molecule has 2 aromatic rings. The van der Waals surface area contributed by atoms with Crippen LogP contribution in [0.25, 0.3) is 10.1 Å². The van der Waals surface area contributed by atoms with Gasteiger partial charge in [0.15, 0.2) is 5.78 Å². The van der Waals surface area contributed by atoms with Crippen LogP contribution in [0.5, 0.6) is 0 Å². The molecule has 4 heteroatoms. The maximum Gasteiger partial charge on any atom is 0.314 e. The van der Waals surface area contributed by atoms with Gasteiger partial charge in [0.2, 0.25) is 0 Å². The van der Waals surface area contributed by atoms with Crippen molar-refractivity contribution in [1.82, 2.24) is 0 Å². The van der Waals surface area contributed by atoms with Crippen molar-refractivity contribution in [2.75, 3.05) is 0 Å². The zero-order valence-electron chi connectivity index (χ0n) is 8.64. The molecule has 1 aromatic heterocycles. The van der Waals surface area contributed by atoms with Gasteiger partial charge in [0.05, 0.1) is 0 Å². The van der Waals surface area contributed by atoms with Gasteiger partial charge in [0, 0.05) is 21.0 Å². The molecule has 0 spiro atoms. The quantitative estimate of drug-likeness (QED) is 0.656. The van der Waals surface area contributed by atoms with Gasteiger partial charge in [-0.25, -0.2) is 0 Å². The van der Waals surface area contributed by atoms with Crippen LogP contribution in [0.15, 0.2) is 29.6 Å². The summed E-state index contributed by atoms with van der Waals surface area (Å²) in [6.45, 7) is 1.41. The van der Waals surface area contributed by atoms with Gasteiger partial charge in [-0.2, -0.15) is 0 Å². The number of carboxylic acids is 1. The molecule has 16 heavy (non-hydrogen) atoms. The zero-order chi connectivity index (χ0) is 11.7. The molecule has 0 fully saturated rings. The number of fused-ring (bicyclic) bond motifs is 1. The van der Waals surface area contributed by atoms with E-state index in [4.69, 9.17) is 5.11 Å². The van der Waals surface area contributed by atoms with E-state index in [-0.39, 0.29) is 5.78 Å². The van der Waals surface area contributed by atoms with Crippen LogP contribution in [-0.2, 0) is 4.79 Å². The molecule has 3 nitrogen and oxygen atoms in total. The smallest absolute Gasteiger partial charge is 0.314 e. The standard InChI is InChI=1S/C12H10O3S/c1-7(12(14)15)11(13)9-6-16-10-5-3-2-4-8(9)10/h2-7H,1H3,(H,14,15). The summed E-state index contributed by atoms with van der Waals surface area (Å²) in [4.78, 5) is 22.6. The van der Waals surface area contributed by atoms with Gasteiger partial charge in [0.1, 0.15) is 5.92 Å². The molecule has 1 unspecified atom stereocenters. The molecule has 0 aliphatic heterocycles. The third kappa shape index (κ3) is 1.72. The van der Waals surface area contributed by atoms with Crippen LogP contribution in [0.1, 0.15) is 17.3 Å². The predicted molar refractivity (Wildman–Crippen MR) is 63.0 cm³/mol. The van der Waals surface area contributed by atoms with Crippen LogP contribution in [-0.4, -0.2) is 16.9 Å². The first-order valence-corrected chi connectivity index (χ1v) is 5.72. The molecule has 2 rings (SSSR count). The lowest BCUT2D eigenvalue weighted by Crippen LogP contribution is -2.20. The SMILES string of the molecule is CC(C(=O)O)C(=O)c1csc2ccccc12. The van der Waals surface area contributed by atoms with Gasteiger partial charge in [-0.3, -0.25) is 9.59 Å². The second-order valence-electron chi connectivity index (χ2n) is 3.57. The Morgan fingerprint density at radius 2 is 2.00 bits per heavy atom. The summed E-state index contributed by atoms with van der Waals surface area (Å²) in [5, 5.41) is 11.4. The molecule has 0 saturated heterocycles. The Labute approximate surface area is 96.3 Å². The third-order valence-corrected chi connectivity index (χ3v) is 3.47. The Hall–Kier alpha value is -1.68. The highest BCUT2D eigenvalue weighted by Gasteiger charge is 2.24. The number of benzene rings is 1. The number of Topliss-reactive ketones (excluding diaryl/α,β-unsaturated/α-hetero) is 1. The van der Waals surface area contributed by atoms with Crippen molar-refractivity contribution < 1.29 is 14.7 Å². The van der Waals surface area contributed by atoms with Crippen molar-refractivity contribution in [3.05, 3.63) is 35.2 Å². The number of aliphatic carboxylic acids is 1. The van der Waals surface area contributed by atoms with Gasteiger partial charge in [0.25, 0.3) is 0 Å². The fourth-order valence-electron chi connectivity index (χ4n) is 1.51. The summed E-state index contributed by atoms with van der Waals surface area (Å²) >= 11 is 1.46. The number of thiophene rings is 1. The third-order valence-electron chi connectivity index (χ3n) is 2.51. The fourth-order valence-corrected chi connectivity index (χ4v) is 2.46. The van der Waals surface area contributed by atoms with Crippen molar-refractivity contribution in [1.29, 1.82) is 0 Å². The first-order valence-electron chi connectivity index (χ1n) is 4.84. The Morgan fingerprint density at radius 1 is 1.31 bits per heavy atom. The van der Waals surface area contributed by atoms with Gasteiger partial charge < -0.3 is 5.11 Å². The first kappa shape index (κ1) is 10.8. The largest absolute Gasteiger partial charge is 0.481 e. The van der Waals surface area contributed by atoms with E-state index >= 15 is 0 Å². The monoisotopic (exact) mass is 234 g/mol. The highest BCUT2D eigenvalue weighted by Crippen LogP contribution is 2.27. The minimum absolute atomic E-state index is 0.329. The zero-order valence-corrected chi connectivity index (χ0v) is 9.45. The van der Waals surface area contributed by atoms with E-state index in [1.807, 2.05) is 24.3 Å². The molecule has 0 saturated carbocycles. The lowest BCUT2D eigenvalue weighted by molar-refractivity contribution is -0.139. The van der Waals surface area contributed by atoms with Gasteiger partial charge in [-0.1, -0.05) is 18.2 Å². The summed E-state index contributed by atoms with van der Waals surface area (Å²) in [5.74, 6) is -2.40. The number of carbonyl (C=O) groups excluding carboxylic acids is 1. The van der Waals surface area contributed by atoms with Crippen molar-refractivity contribution in [2.45, 2.75) is 6.92 Å². The Bertz CT molecular complexity index is 556. The average Bonchev–Trinajstić information content (AvgIpc) is 2.70. The molecule has 82 valence electrons. The maximum atomic E-state index is 11.9.